The molecule has 2 aliphatic rings. The van der Waals surface area contributed by atoms with Crippen molar-refractivity contribution in [2.45, 2.75) is 45.3 Å². The molecule has 0 saturated carbocycles. The standard InChI is InChI=1S/C23H29N3O4S2/c1-23(2,3)26-21(27)12-20(32(26,28)29)19-11-16-9-10-25(18(13-24)22(16)31-19)14-15-5-7-17(30-4)8-6-15/h5-8,11-12,18H,9-10,13-14,24H2,1-4H3. The molecular weight excluding hydrogens is 446 g/mol. The van der Waals surface area contributed by atoms with E-state index in [0.29, 0.717) is 11.4 Å². The maximum absolute atomic E-state index is 13.2. The van der Waals surface area contributed by atoms with Crippen molar-refractivity contribution in [3.8, 4) is 5.75 Å². The maximum atomic E-state index is 13.2. The van der Waals surface area contributed by atoms with Gasteiger partial charge < -0.3 is 10.5 Å². The average molecular weight is 476 g/mol. The van der Waals surface area contributed by atoms with Crippen LogP contribution in [0, 0.1) is 0 Å². The number of methoxy groups -OCH3 is 1. The molecule has 7 nitrogen and oxygen atoms in total. The van der Waals surface area contributed by atoms with E-state index in [9.17, 15) is 13.2 Å². The van der Waals surface area contributed by atoms with Crippen LogP contribution in [0.4, 0.5) is 0 Å². The Balaban J connectivity index is 1.62. The van der Waals surface area contributed by atoms with E-state index in [4.69, 9.17) is 10.5 Å². The smallest absolute Gasteiger partial charge is 0.268 e. The number of nitrogens with zero attached hydrogens (tertiary/aromatic N) is 2. The van der Waals surface area contributed by atoms with E-state index in [0.717, 1.165) is 45.6 Å². The van der Waals surface area contributed by atoms with Gasteiger partial charge in [0.15, 0.2) is 0 Å². The summed E-state index contributed by atoms with van der Waals surface area (Å²) in [7, 11) is -2.23. The lowest BCUT2D eigenvalue weighted by molar-refractivity contribution is -0.123. The Kier molecular flexibility index (Phi) is 5.96. The maximum Gasteiger partial charge on any atom is 0.268 e. The molecule has 0 fully saturated rings. The van der Waals surface area contributed by atoms with Gasteiger partial charge in [0.05, 0.1) is 18.7 Å². The lowest BCUT2D eigenvalue weighted by Gasteiger charge is -2.35. The molecule has 0 radical (unpaired) electrons. The van der Waals surface area contributed by atoms with Crippen LogP contribution in [-0.2, 0) is 27.8 Å². The van der Waals surface area contributed by atoms with Crippen molar-refractivity contribution in [2.24, 2.45) is 5.73 Å². The number of fused-ring (bicyclic) bond motifs is 1. The van der Waals surface area contributed by atoms with Crippen LogP contribution in [-0.4, -0.2) is 49.3 Å². The number of hydrogen-bond acceptors (Lipinski definition) is 7. The van der Waals surface area contributed by atoms with Crippen molar-refractivity contribution in [3.05, 3.63) is 57.3 Å². The third-order valence-electron chi connectivity index (χ3n) is 5.85. The van der Waals surface area contributed by atoms with Crippen molar-refractivity contribution < 1.29 is 17.9 Å². The Bertz CT molecular complexity index is 1160. The molecular formula is C23H29N3O4S2. The Morgan fingerprint density at radius 3 is 2.47 bits per heavy atom. The number of hydrogen-bond donors (Lipinski definition) is 1. The number of carbonyl (C=O) groups is 1. The van der Waals surface area contributed by atoms with Gasteiger partial charge in [-0.15, -0.1) is 11.3 Å². The fourth-order valence-electron chi connectivity index (χ4n) is 4.39. The second-order valence-electron chi connectivity index (χ2n) is 9.11. The number of sulfonamides is 1. The van der Waals surface area contributed by atoms with E-state index in [2.05, 4.69) is 4.90 Å². The summed E-state index contributed by atoms with van der Waals surface area (Å²) in [5.41, 5.74) is 7.63. The van der Waals surface area contributed by atoms with E-state index in [-0.39, 0.29) is 10.9 Å². The summed E-state index contributed by atoms with van der Waals surface area (Å²) in [5.74, 6) is 0.327. The minimum Gasteiger partial charge on any atom is -0.497 e. The van der Waals surface area contributed by atoms with Gasteiger partial charge in [0.2, 0.25) is 0 Å². The summed E-state index contributed by atoms with van der Waals surface area (Å²) in [5, 5.41) is 0. The number of thiophene rings is 1. The zero-order chi connectivity index (χ0) is 23.3. The quantitative estimate of drug-likeness (QED) is 0.714. The van der Waals surface area contributed by atoms with Crippen molar-refractivity contribution >= 4 is 32.2 Å². The lowest BCUT2D eigenvalue weighted by Crippen LogP contribution is -2.45. The molecule has 3 heterocycles. The molecule has 1 amide bonds. The molecule has 1 atom stereocenters. The average Bonchev–Trinajstić information content (AvgIpc) is 3.25. The second-order valence-corrected chi connectivity index (χ2v) is 11.9. The van der Waals surface area contributed by atoms with Crippen LogP contribution in [0.25, 0.3) is 4.91 Å². The fourth-order valence-corrected chi connectivity index (χ4v) is 7.87. The van der Waals surface area contributed by atoms with Gasteiger partial charge in [0, 0.05) is 35.5 Å². The number of rotatable bonds is 5. The third kappa shape index (κ3) is 3.98. The molecule has 0 saturated heterocycles. The first-order valence-corrected chi connectivity index (χ1v) is 12.8. The van der Waals surface area contributed by atoms with Gasteiger partial charge in [-0.2, -0.15) is 0 Å². The fraction of sp³-hybridized carbons (Fsp3) is 0.435. The summed E-state index contributed by atoms with van der Waals surface area (Å²) in [6, 6.07) is 9.91. The molecule has 2 aliphatic heterocycles. The summed E-state index contributed by atoms with van der Waals surface area (Å²) in [6.07, 6.45) is 2.06. The van der Waals surface area contributed by atoms with Crippen molar-refractivity contribution in [1.29, 1.82) is 0 Å². The zero-order valence-electron chi connectivity index (χ0n) is 18.8. The predicted octanol–water partition coefficient (Wildman–Crippen LogP) is 3.13. The van der Waals surface area contributed by atoms with Crippen molar-refractivity contribution in [1.82, 2.24) is 9.21 Å². The molecule has 172 valence electrons. The number of ether oxygens (including phenoxy) is 1. The lowest BCUT2D eigenvalue weighted by atomic mass is 10.00. The van der Waals surface area contributed by atoms with Crippen LogP contribution < -0.4 is 10.5 Å². The third-order valence-corrected chi connectivity index (χ3v) is 9.39. The Hall–Kier alpha value is -2.20. The molecule has 0 spiro atoms. The summed E-state index contributed by atoms with van der Waals surface area (Å²) in [4.78, 5) is 16.6. The minimum absolute atomic E-state index is 0.00118. The largest absolute Gasteiger partial charge is 0.497 e. The highest BCUT2D eigenvalue weighted by atomic mass is 32.2. The van der Waals surface area contributed by atoms with Gasteiger partial charge in [-0.05, 0) is 56.5 Å². The second kappa shape index (κ2) is 8.30. The molecule has 4 rings (SSSR count). The van der Waals surface area contributed by atoms with E-state index >= 15 is 0 Å². The highest BCUT2D eigenvalue weighted by Crippen LogP contribution is 2.43. The number of nitrogens with two attached hydrogens (primary N) is 1. The summed E-state index contributed by atoms with van der Waals surface area (Å²) in [6.45, 7) is 7.17. The predicted molar refractivity (Wildman–Crippen MR) is 127 cm³/mol. The highest BCUT2D eigenvalue weighted by molar-refractivity contribution is 7.99. The molecule has 1 aromatic heterocycles. The van der Waals surface area contributed by atoms with Crippen molar-refractivity contribution in [2.75, 3.05) is 20.2 Å². The SMILES string of the molecule is COc1ccc(CN2CCc3cc(C4=CC(=O)N(C(C)(C)C)S4(=O)=O)sc3C2CN)cc1. The van der Waals surface area contributed by atoms with Crippen molar-refractivity contribution in [3.63, 3.8) is 0 Å². The molecule has 2 aromatic rings. The number of carbonyl (C=O) groups excluding carboxylic acids is 1. The number of amides is 1. The van der Waals surface area contributed by atoms with Gasteiger partial charge in [-0.3, -0.25) is 9.69 Å². The van der Waals surface area contributed by atoms with E-state index in [1.807, 2.05) is 30.3 Å². The van der Waals surface area contributed by atoms with E-state index in [1.54, 1.807) is 27.9 Å². The first kappa shape index (κ1) is 23.0. The zero-order valence-corrected chi connectivity index (χ0v) is 20.4. The highest BCUT2D eigenvalue weighted by Gasteiger charge is 2.45. The van der Waals surface area contributed by atoms with Crippen LogP contribution >= 0.6 is 11.3 Å². The van der Waals surface area contributed by atoms with Crippen LogP contribution in [0.1, 0.15) is 47.7 Å². The topological polar surface area (TPSA) is 92.9 Å². The van der Waals surface area contributed by atoms with Gasteiger partial charge in [0.25, 0.3) is 15.9 Å². The normalized spacial score (nSPS) is 20.9. The van der Waals surface area contributed by atoms with Crippen LogP contribution in [0.2, 0.25) is 0 Å². The van der Waals surface area contributed by atoms with Crippen LogP contribution in [0.5, 0.6) is 5.75 Å². The van der Waals surface area contributed by atoms with E-state index in [1.165, 1.54) is 17.4 Å². The van der Waals surface area contributed by atoms with Gasteiger partial charge in [-0.1, -0.05) is 12.1 Å². The minimum atomic E-state index is -3.88. The first-order valence-electron chi connectivity index (χ1n) is 10.6. The molecule has 0 aliphatic carbocycles. The Morgan fingerprint density at radius 2 is 1.91 bits per heavy atom. The molecule has 2 N–H and O–H groups in total. The summed E-state index contributed by atoms with van der Waals surface area (Å²) < 4.78 is 32.6. The van der Waals surface area contributed by atoms with Gasteiger partial charge in [-0.25, -0.2) is 12.7 Å². The summed E-state index contributed by atoms with van der Waals surface area (Å²) >= 11 is 1.43. The molecule has 0 bridgehead atoms. The monoisotopic (exact) mass is 475 g/mol. The van der Waals surface area contributed by atoms with Crippen LogP contribution in [0.3, 0.4) is 0 Å². The van der Waals surface area contributed by atoms with E-state index < -0.39 is 21.5 Å². The Labute approximate surface area is 193 Å². The number of benzene rings is 1. The molecule has 9 heteroatoms. The molecule has 32 heavy (non-hydrogen) atoms. The Morgan fingerprint density at radius 1 is 1.22 bits per heavy atom. The van der Waals surface area contributed by atoms with Crippen LogP contribution in [0.15, 0.2) is 36.4 Å². The molecule has 1 aromatic carbocycles. The van der Waals surface area contributed by atoms with Gasteiger partial charge >= 0.3 is 0 Å². The molecule has 1 unspecified atom stereocenters. The van der Waals surface area contributed by atoms with Gasteiger partial charge in [0.1, 0.15) is 10.7 Å². The first-order chi connectivity index (χ1) is 15.1.